The van der Waals surface area contributed by atoms with Gasteiger partial charge in [0.05, 0.1) is 6.42 Å². The van der Waals surface area contributed by atoms with Gasteiger partial charge < -0.3 is 10.1 Å². The zero-order valence-electron chi connectivity index (χ0n) is 15.3. The minimum Gasteiger partial charge on any atom is -0.456 e. The highest BCUT2D eigenvalue weighted by Crippen LogP contribution is 2.23. The zero-order chi connectivity index (χ0) is 19.8. The van der Waals surface area contributed by atoms with Crippen LogP contribution in [0.3, 0.4) is 0 Å². The van der Waals surface area contributed by atoms with Crippen molar-refractivity contribution in [2.75, 3.05) is 11.9 Å². The molecule has 2 rings (SSSR count). The molecule has 5 nitrogen and oxygen atoms in total. The molecule has 0 heterocycles. The Bertz CT molecular complexity index is 815. The van der Waals surface area contributed by atoms with E-state index in [0.29, 0.717) is 11.3 Å². The summed E-state index contributed by atoms with van der Waals surface area (Å²) in [6, 6.07) is 12.5. The molecule has 0 radical (unpaired) electrons. The molecule has 0 aliphatic rings. The SMILES string of the molecule is CC(C)c1ccccc1NC(=O)COC(=O)CCC(=O)c1ccc(F)cc1. The van der Waals surface area contributed by atoms with Crippen LogP contribution in [0.25, 0.3) is 0 Å². The first kappa shape index (κ1) is 20.3. The van der Waals surface area contributed by atoms with Crippen LogP contribution in [0.2, 0.25) is 0 Å². The number of para-hydroxylation sites is 1. The first-order chi connectivity index (χ1) is 12.9. The molecule has 6 heteroatoms. The maximum absolute atomic E-state index is 12.8. The van der Waals surface area contributed by atoms with Gasteiger partial charge in [0.15, 0.2) is 12.4 Å². The quantitative estimate of drug-likeness (QED) is 0.560. The number of benzene rings is 2. The second-order valence-electron chi connectivity index (χ2n) is 6.38. The average molecular weight is 371 g/mol. The standard InChI is InChI=1S/C21H22FNO4/c1-14(2)17-5-3-4-6-18(17)23-20(25)13-27-21(26)12-11-19(24)15-7-9-16(22)10-8-15/h3-10,14H,11-13H2,1-2H3,(H,23,25). The predicted octanol–water partition coefficient (Wildman–Crippen LogP) is 4.09. The van der Waals surface area contributed by atoms with Crippen molar-refractivity contribution in [3.63, 3.8) is 0 Å². The second-order valence-corrected chi connectivity index (χ2v) is 6.38. The number of Topliss-reactive ketones (excluding diaryl/α,β-unsaturated/α-hetero) is 1. The molecule has 0 atom stereocenters. The number of esters is 1. The van der Waals surface area contributed by atoms with Crippen molar-refractivity contribution in [3.05, 3.63) is 65.5 Å². The van der Waals surface area contributed by atoms with Crippen LogP contribution in [-0.4, -0.2) is 24.3 Å². The third-order valence-electron chi connectivity index (χ3n) is 3.94. The maximum Gasteiger partial charge on any atom is 0.306 e. The number of halogens is 1. The molecule has 2 aromatic carbocycles. The van der Waals surface area contributed by atoms with Crippen LogP contribution in [-0.2, 0) is 14.3 Å². The van der Waals surface area contributed by atoms with Crippen LogP contribution < -0.4 is 5.32 Å². The lowest BCUT2D eigenvalue weighted by molar-refractivity contribution is -0.147. The third-order valence-corrected chi connectivity index (χ3v) is 3.94. The van der Waals surface area contributed by atoms with Crippen LogP contribution >= 0.6 is 0 Å². The van der Waals surface area contributed by atoms with Crippen LogP contribution in [0, 0.1) is 5.82 Å². The topological polar surface area (TPSA) is 72.5 Å². The van der Waals surface area contributed by atoms with E-state index in [1.165, 1.54) is 24.3 Å². The minimum atomic E-state index is -0.641. The highest BCUT2D eigenvalue weighted by atomic mass is 19.1. The lowest BCUT2D eigenvalue weighted by Crippen LogP contribution is -2.22. The first-order valence-corrected chi connectivity index (χ1v) is 8.70. The molecule has 1 N–H and O–H groups in total. The van der Waals surface area contributed by atoms with E-state index in [-0.39, 0.29) is 24.5 Å². The molecule has 1 amide bonds. The predicted molar refractivity (Wildman–Crippen MR) is 100 cm³/mol. The Morgan fingerprint density at radius 3 is 2.33 bits per heavy atom. The number of amides is 1. The first-order valence-electron chi connectivity index (χ1n) is 8.70. The Hall–Kier alpha value is -3.02. The highest BCUT2D eigenvalue weighted by Gasteiger charge is 2.13. The summed E-state index contributed by atoms with van der Waals surface area (Å²) in [7, 11) is 0. The summed E-state index contributed by atoms with van der Waals surface area (Å²) >= 11 is 0. The Balaban J connectivity index is 1.77. The molecule has 0 fully saturated rings. The minimum absolute atomic E-state index is 0.0672. The van der Waals surface area contributed by atoms with Crippen molar-refractivity contribution < 1.29 is 23.5 Å². The van der Waals surface area contributed by atoms with Crippen molar-refractivity contribution in [2.24, 2.45) is 0 Å². The van der Waals surface area contributed by atoms with Gasteiger partial charge in [-0.2, -0.15) is 0 Å². The summed E-state index contributed by atoms with van der Waals surface area (Å²) in [5.74, 6) is -1.57. The smallest absolute Gasteiger partial charge is 0.306 e. The van der Waals surface area contributed by atoms with E-state index in [4.69, 9.17) is 4.74 Å². The Labute approximate surface area is 157 Å². The van der Waals surface area contributed by atoms with E-state index in [9.17, 15) is 18.8 Å². The molecule has 0 aromatic heterocycles. The largest absolute Gasteiger partial charge is 0.456 e. The summed E-state index contributed by atoms with van der Waals surface area (Å²) in [5.41, 5.74) is 1.99. The van der Waals surface area contributed by atoms with Gasteiger partial charge in [0.1, 0.15) is 5.82 Å². The summed E-state index contributed by atoms with van der Waals surface area (Å²) in [5, 5.41) is 2.72. The number of ketones is 1. The summed E-state index contributed by atoms with van der Waals surface area (Å²) in [6.45, 7) is 3.61. The molecule has 0 saturated heterocycles. The normalized spacial score (nSPS) is 10.5. The van der Waals surface area contributed by atoms with Crippen molar-refractivity contribution in [1.29, 1.82) is 0 Å². The average Bonchev–Trinajstić information content (AvgIpc) is 2.65. The number of hydrogen-bond acceptors (Lipinski definition) is 4. The van der Waals surface area contributed by atoms with Crippen LogP contribution in [0.5, 0.6) is 0 Å². The van der Waals surface area contributed by atoms with E-state index in [2.05, 4.69) is 5.32 Å². The van der Waals surface area contributed by atoms with Crippen LogP contribution in [0.1, 0.15) is 48.5 Å². The lowest BCUT2D eigenvalue weighted by Gasteiger charge is -2.13. The molecule has 27 heavy (non-hydrogen) atoms. The number of ether oxygens (including phenoxy) is 1. The van der Waals surface area contributed by atoms with Crippen LogP contribution in [0.4, 0.5) is 10.1 Å². The maximum atomic E-state index is 12.8. The third kappa shape index (κ3) is 6.33. The van der Waals surface area contributed by atoms with E-state index < -0.39 is 24.3 Å². The van der Waals surface area contributed by atoms with Crippen molar-refractivity contribution in [3.8, 4) is 0 Å². The van der Waals surface area contributed by atoms with Gasteiger partial charge in [-0.3, -0.25) is 14.4 Å². The fourth-order valence-electron chi connectivity index (χ4n) is 2.51. The number of carbonyl (C=O) groups excluding carboxylic acids is 3. The number of carbonyl (C=O) groups is 3. The molecule has 2 aromatic rings. The van der Waals surface area contributed by atoms with Gasteiger partial charge in [-0.25, -0.2) is 4.39 Å². The number of anilines is 1. The zero-order valence-corrected chi connectivity index (χ0v) is 15.3. The van der Waals surface area contributed by atoms with Crippen molar-refractivity contribution >= 4 is 23.3 Å². The Morgan fingerprint density at radius 1 is 1.00 bits per heavy atom. The molecule has 0 unspecified atom stereocenters. The highest BCUT2D eigenvalue weighted by molar-refractivity contribution is 5.98. The van der Waals surface area contributed by atoms with Gasteiger partial charge in [0.25, 0.3) is 5.91 Å². The van der Waals surface area contributed by atoms with Crippen molar-refractivity contribution in [2.45, 2.75) is 32.6 Å². The molecule has 0 bridgehead atoms. The van der Waals surface area contributed by atoms with E-state index in [1.807, 2.05) is 32.0 Å². The Morgan fingerprint density at radius 2 is 1.67 bits per heavy atom. The van der Waals surface area contributed by atoms with Gasteiger partial charge in [-0.15, -0.1) is 0 Å². The number of rotatable bonds is 8. The molecule has 0 spiro atoms. The summed E-state index contributed by atoms with van der Waals surface area (Å²) < 4.78 is 17.8. The van der Waals surface area contributed by atoms with Crippen LogP contribution in [0.15, 0.2) is 48.5 Å². The molecular weight excluding hydrogens is 349 g/mol. The second kappa shape index (κ2) is 9.62. The summed E-state index contributed by atoms with van der Waals surface area (Å²) in [6.07, 6.45) is -0.214. The lowest BCUT2D eigenvalue weighted by atomic mass is 10.0. The number of hydrogen-bond donors (Lipinski definition) is 1. The van der Waals surface area contributed by atoms with Gasteiger partial charge in [0, 0.05) is 17.7 Å². The molecular formula is C21H22FNO4. The van der Waals surface area contributed by atoms with E-state index >= 15 is 0 Å². The van der Waals surface area contributed by atoms with Crippen molar-refractivity contribution in [1.82, 2.24) is 0 Å². The van der Waals surface area contributed by atoms with E-state index in [0.717, 1.165) is 5.56 Å². The van der Waals surface area contributed by atoms with Gasteiger partial charge in [-0.1, -0.05) is 32.0 Å². The molecule has 0 aliphatic carbocycles. The van der Waals surface area contributed by atoms with E-state index in [1.54, 1.807) is 6.07 Å². The fourth-order valence-corrected chi connectivity index (χ4v) is 2.51. The van der Waals surface area contributed by atoms with Gasteiger partial charge in [-0.05, 0) is 41.8 Å². The molecule has 142 valence electrons. The summed E-state index contributed by atoms with van der Waals surface area (Å²) in [4.78, 5) is 35.7. The Kier molecular flexibility index (Phi) is 7.23. The van der Waals surface area contributed by atoms with Gasteiger partial charge >= 0.3 is 5.97 Å². The van der Waals surface area contributed by atoms with Gasteiger partial charge in [0.2, 0.25) is 0 Å². The molecule has 0 aliphatic heterocycles. The monoisotopic (exact) mass is 371 g/mol. The molecule has 0 saturated carbocycles. The number of nitrogens with one attached hydrogen (secondary N) is 1. The fraction of sp³-hybridized carbons (Fsp3) is 0.286.